The van der Waals surface area contributed by atoms with Gasteiger partial charge in [-0.05, 0) is 36.8 Å². The van der Waals surface area contributed by atoms with Crippen molar-refractivity contribution in [2.75, 3.05) is 19.6 Å². The molecular formula is C17H23N3O2. The Hall–Kier alpha value is -1.46. The number of amides is 1. The number of likely N-dealkylation sites (tertiary alicyclic amines) is 2. The van der Waals surface area contributed by atoms with Gasteiger partial charge in [0.25, 0.3) is 0 Å². The van der Waals surface area contributed by atoms with E-state index in [1.807, 2.05) is 12.3 Å². The first-order valence-corrected chi connectivity index (χ1v) is 8.30. The highest BCUT2D eigenvalue weighted by Gasteiger charge is 2.46. The molecule has 3 aliphatic rings. The van der Waals surface area contributed by atoms with Crippen LogP contribution in [0.2, 0.25) is 0 Å². The maximum absolute atomic E-state index is 12.6. The van der Waals surface area contributed by atoms with Crippen LogP contribution in [0.25, 0.3) is 0 Å². The van der Waals surface area contributed by atoms with Crippen molar-refractivity contribution in [1.82, 2.24) is 14.8 Å². The number of aromatic nitrogens is 1. The Kier molecular flexibility index (Phi) is 3.62. The monoisotopic (exact) mass is 301 g/mol. The van der Waals surface area contributed by atoms with Gasteiger partial charge in [-0.1, -0.05) is 6.07 Å². The maximum Gasteiger partial charge on any atom is 0.226 e. The van der Waals surface area contributed by atoms with Gasteiger partial charge in [0.05, 0.1) is 6.10 Å². The molecule has 4 rings (SSSR count). The second-order valence-corrected chi connectivity index (χ2v) is 7.03. The molecule has 3 fully saturated rings. The van der Waals surface area contributed by atoms with Gasteiger partial charge in [-0.15, -0.1) is 0 Å². The molecule has 0 unspecified atom stereocenters. The molecule has 0 aromatic carbocycles. The third-order valence-corrected chi connectivity index (χ3v) is 5.50. The Morgan fingerprint density at radius 2 is 2.23 bits per heavy atom. The third kappa shape index (κ3) is 2.52. The molecule has 5 nitrogen and oxygen atoms in total. The third-order valence-electron chi connectivity index (χ3n) is 5.50. The molecule has 22 heavy (non-hydrogen) atoms. The molecule has 5 heteroatoms. The fraction of sp³-hybridized carbons (Fsp3) is 0.647. The van der Waals surface area contributed by atoms with Gasteiger partial charge in [0, 0.05) is 50.5 Å². The number of fused-ring (bicyclic) bond motifs is 1. The molecular weight excluding hydrogens is 278 g/mol. The molecule has 0 bridgehead atoms. The van der Waals surface area contributed by atoms with E-state index in [-0.39, 0.29) is 17.9 Å². The van der Waals surface area contributed by atoms with Crippen molar-refractivity contribution in [1.29, 1.82) is 0 Å². The molecule has 3 heterocycles. The lowest BCUT2D eigenvalue weighted by molar-refractivity contribution is -0.143. The van der Waals surface area contributed by atoms with Gasteiger partial charge in [0.1, 0.15) is 0 Å². The highest BCUT2D eigenvalue weighted by molar-refractivity contribution is 5.80. The van der Waals surface area contributed by atoms with Crippen molar-refractivity contribution in [3.8, 4) is 0 Å². The average Bonchev–Trinajstić information content (AvgIpc) is 3.04. The largest absolute Gasteiger partial charge is 0.393 e. The molecule has 1 aliphatic carbocycles. The zero-order valence-corrected chi connectivity index (χ0v) is 12.8. The summed E-state index contributed by atoms with van der Waals surface area (Å²) in [6.07, 6.45) is 5.91. The molecule has 0 radical (unpaired) electrons. The molecule has 1 amide bonds. The number of aliphatic hydroxyl groups excluding tert-OH is 1. The first kappa shape index (κ1) is 14.2. The minimum Gasteiger partial charge on any atom is -0.393 e. The first-order valence-electron chi connectivity index (χ1n) is 8.30. The van der Waals surface area contributed by atoms with Crippen LogP contribution in [0.3, 0.4) is 0 Å². The Morgan fingerprint density at radius 3 is 2.95 bits per heavy atom. The van der Waals surface area contributed by atoms with E-state index in [2.05, 4.69) is 20.9 Å². The van der Waals surface area contributed by atoms with Crippen LogP contribution in [0, 0.1) is 11.8 Å². The lowest BCUT2D eigenvalue weighted by Crippen LogP contribution is -2.47. The topological polar surface area (TPSA) is 56.7 Å². The van der Waals surface area contributed by atoms with Gasteiger partial charge in [-0.3, -0.25) is 14.7 Å². The number of rotatable bonds is 3. The minimum atomic E-state index is -0.252. The van der Waals surface area contributed by atoms with Gasteiger partial charge in [-0.25, -0.2) is 0 Å². The predicted molar refractivity (Wildman–Crippen MR) is 81.9 cm³/mol. The van der Waals surface area contributed by atoms with E-state index in [4.69, 9.17) is 0 Å². The van der Waals surface area contributed by atoms with Gasteiger partial charge >= 0.3 is 0 Å². The molecule has 118 valence electrons. The normalized spacial score (nSPS) is 34.5. The van der Waals surface area contributed by atoms with Crippen molar-refractivity contribution >= 4 is 5.91 Å². The standard InChI is InChI=1S/C17H23N3O2/c21-15-6-14(7-15)17(22)20-5-3-13-10-19(11-16(13)20)9-12-2-1-4-18-8-12/h1-2,4,8,13-16,21H,3,5-7,9-11H2/t13-,14?,15?,16+/m0/s1. The summed E-state index contributed by atoms with van der Waals surface area (Å²) in [6, 6.07) is 4.46. The smallest absolute Gasteiger partial charge is 0.226 e. The summed E-state index contributed by atoms with van der Waals surface area (Å²) in [4.78, 5) is 21.3. The van der Waals surface area contributed by atoms with E-state index < -0.39 is 0 Å². The molecule has 1 aromatic heterocycles. The van der Waals surface area contributed by atoms with Crippen LogP contribution in [0.1, 0.15) is 24.8 Å². The van der Waals surface area contributed by atoms with Gasteiger partial charge < -0.3 is 10.0 Å². The Labute approximate surface area is 130 Å². The summed E-state index contributed by atoms with van der Waals surface area (Å²) in [5.41, 5.74) is 1.24. The van der Waals surface area contributed by atoms with E-state index in [1.54, 1.807) is 6.20 Å². The highest BCUT2D eigenvalue weighted by atomic mass is 16.3. The molecule has 1 aromatic rings. The number of carbonyl (C=O) groups excluding carboxylic acids is 1. The van der Waals surface area contributed by atoms with Gasteiger partial charge in [0.2, 0.25) is 5.91 Å². The quantitative estimate of drug-likeness (QED) is 0.901. The second-order valence-electron chi connectivity index (χ2n) is 7.03. The Morgan fingerprint density at radius 1 is 1.36 bits per heavy atom. The lowest BCUT2D eigenvalue weighted by atomic mass is 9.81. The summed E-state index contributed by atoms with van der Waals surface area (Å²) < 4.78 is 0. The minimum absolute atomic E-state index is 0.0705. The van der Waals surface area contributed by atoms with Crippen molar-refractivity contribution in [3.05, 3.63) is 30.1 Å². The predicted octanol–water partition coefficient (Wildman–Crippen LogP) is 0.885. The number of hydrogen-bond acceptors (Lipinski definition) is 4. The van der Waals surface area contributed by atoms with Crippen molar-refractivity contribution in [2.24, 2.45) is 11.8 Å². The average molecular weight is 301 g/mol. The van der Waals surface area contributed by atoms with E-state index in [0.29, 0.717) is 24.8 Å². The second kappa shape index (κ2) is 5.63. The maximum atomic E-state index is 12.6. The molecule has 2 aliphatic heterocycles. The molecule has 0 spiro atoms. The van der Waals surface area contributed by atoms with Crippen LogP contribution < -0.4 is 0 Å². The zero-order chi connectivity index (χ0) is 15.1. The number of nitrogens with zero attached hydrogens (tertiary/aromatic N) is 3. The summed E-state index contributed by atoms with van der Waals surface area (Å²) in [5, 5.41) is 9.42. The fourth-order valence-corrected chi connectivity index (χ4v) is 4.23. The van der Waals surface area contributed by atoms with Gasteiger partial charge in [-0.2, -0.15) is 0 Å². The summed E-state index contributed by atoms with van der Waals surface area (Å²) >= 11 is 0. The van der Waals surface area contributed by atoms with E-state index in [9.17, 15) is 9.90 Å². The Balaban J connectivity index is 1.38. The fourth-order valence-electron chi connectivity index (χ4n) is 4.23. The number of hydrogen-bond donors (Lipinski definition) is 1. The first-order chi connectivity index (χ1) is 10.7. The van der Waals surface area contributed by atoms with E-state index in [0.717, 1.165) is 32.6 Å². The number of carbonyl (C=O) groups is 1. The SMILES string of the molecule is O=C(C1CC(O)C1)N1CC[C@H]2CN(Cc3cccnc3)C[C@H]21. The van der Waals surface area contributed by atoms with Crippen molar-refractivity contribution < 1.29 is 9.90 Å². The highest BCUT2D eigenvalue weighted by Crippen LogP contribution is 2.36. The summed E-state index contributed by atoms with van der Waals surface area (Å²) in [6.45, 7) is 3.88. The molecule has 2 atom stereocenters. The molecule has 1 N–H and O–H groups in total. The number of aliphatic hydroxyl groups is 1. The van der Waals surface area contributed by atoms with Crippen LogP contribution >= 0.6 is 0 Å². The number of pyridine rings is 1. The summed E-state index contributed by atoms with van der Waals surface area (Å²) in [7, 11) is 0. The van der Waals surface area contributed by atoms with Crippen LogP contribution in [0.15, 0.2) is 24.5 Å². The van der Waals surface area contributed by atoms with Crippen molar-refractivity contribution in [3.63, 3.8) is 0 Å². The van der Waals surface area contributed by atoms with Crippen LogP contribution in [-0.4, -0.2) is 57.6 Å². The van der Waals surface area contributed by atoms with E-state index in [1.165, 1.54) is 5.56 Å². The van der Waals surface area contributed by atoms with Gasteiger partial charge in [0.15, 0.2) is 0 Å². The summed E-state index contributed by atoms with van der Waals surface area (Å²) in [5.74, 6) is 0.966. The van der Waals surface area contributed by atoms with Crippen molar-refractivity contribution in [2.45, 2.75) is 38.0 Å². The lowest BCUT2D eigenvalue weighted by Gasteiger charge is -2.35. The zero-order valence-electron chi connectivity index (χ0n) is 12.8. The molecule has 2 saturated heterocycles. The van der Waals surface area contributed by atoms with Crippen LogP contribution in [0.4, 0.5) is 0 Å². The van der Waals surface area contributed by atoms with E-state index >= 15 is 0 Å². The molecule has 1 saturated carbocycles. The Bertz CT molecular complexity index is 544. The van der Waals surface area contributed by atoms with Crippen LogP contribution in [0.5, 0.6) is 0 Å². The van der Waals surface area contributed by atoms with Crippen LogP contribution in [-0.2, 0) is 11.3 Å².